The molecule has 2 atom stereocenters. The molecule has 2 heterocycles. The molecular formula is C17H22N4O. The zero-order valence-corrected chi connectivity index (χ0v) is 12.9. The van der Waals surface area contributed by atoms with Gasteiger partial charge in [-0.05, 0) is 49.9 Å². The van der Waals surface area contributed by atoms with Crippen LogP contribution in [-0.2, 0) is 0 Å². The molecular weight excluding hydrogens is 276 g/mol. The Balaban J connectivity index is 1.72. The maximum Gasteiger partial charge on any atom is 0.253 e. The van der Waals surface area contributed by atoms with Crippen molar-refractivity contribution in [3.8, 4) is 5.69 Å². The van der Waals surface area contributed by atoms with Crippen LogP contribution >= 0.6 is 0 Å². The lowest BCUT2D eigenvalue weighted by atomic mass is 9.92. The van der Waals surface area contributed by atoms with Crippen molar-refractivity contribution in [3.63, 3.8) is 0 Å². The van der Waals surface area contributed by atoms with E-state index >= 15 is 0 Å². The van der Waals surface area contributed by atoms with Gasteiger partial charge < -0.3 is 15.2 Å². The molecule has 2 N–H and O–H groups in total. The number of hydrogen-bond donors (Lipinski definition) is 1. The van der Waals surface area contributed by atoms with Crippen LogP contribution in [-0.4, -0.2) is 39.5 Å². The first-order chi connectivity index (χ1) is 10.6. The summed E-state index contributed by atoms with van der Waals surface area (Å²) in [5.74, 6) is 0.505. The Morgan fingerprint density at radius 1 is 1.36 bits per heavy atom. The van der Waals surface area contributed by atoms with Gasteiger partial charge in [-0.15, -0.1) is 0 Å². The number of aromatic nitrogens is 2. The van der Waals surface area contributed by atoms with E-state index in [4.69, 9.17) is 5.73 Å². The van der Waals surface area contributed by atoms with Crippen molar-refractivity contribution in [1.82, 2.24) is 14.5 Å². The van der Waals surface area contributed by atoms with Crippen LogP contribution in [0.4, 0.5) is 0 Å². The van der Waals surface area contributed by atoms with E-state index in [9.17, 15) is 4.79 Å². The third kappa shape index (κ3) is 3.04. The summed E-state index contributed by atoms with van der Waals surface area (Å²) in [6.07, 6.45) is 7.51. The van der Waals surface area contributed by atoms with Crippen molar-refractivity contribution in [2.45, 2.75) is 25.8 Å². The van der Waals surface area contributed by atoms with E-state index in [2.05, 4.69) is 4.98 Å². The Labute approximate surface area is 130 Å². The fourth-order valence-electron chi connectivity index (χ4n) is 2.99. The van der Waals surface area contributed by atoms with E-state index < -0.39 is 0 Å². The van der Waals surface area contributed by atoms with Crippen molar-refractivity contribution in [2.24, 2.45) is 11.7 Å². The molecule has 116 valence electrons. The summed E-state index contributed by atoms with van der Waals surface area (Å²) in [5.41, 5.74) is 7.73. The lowest BCUT2D eigenvalue weighted by Crippen LogP contribution is -2.45. The number of carbonyl (C=O) groups is 1. The number of likely N-dealkylation sites (tertiary alicyclic amines) is 1. The Morgan fingerprint density at radius 3 is 2.77 bits per heavy atom. The molecule has 5 heteroatoms. The van der Waals surface area contributed by atoms with Gasteiger partial charge in [0, 0.05) is 42.8 Å². The van der Waals surface area contributed by atoms with Crippen molar-refractivity contribution in [3.05, 3.63) is 48.5 Å². The number of benzene rings is 1. The molecule has 22 heavy (non-hydrogen) atoms. The summed E-state index contributed by atoms with van der Waals surface area (Å²) >= 11 is 0. The van der Waals surface area contributed by atoms with Gasteiger partial charge in [-0.2, -0.15) is 0 Å². The highest BCUT2D eigenvalue weighted by Gasteiger charge is 2.26. The smallest absolute Gasteiger partial charge is 0.253 e. The van der Waals surface area contributed by atoms with Gasteiger partial charge in [-0.3, -0.25) is 4.79 Å². The summed E-state index contributed by atoms with van der Waals surface area (Å²) in [6.45, 7) is 3.61. The predicted molar refractivity (Wildman–Crippen MR) is 85.8 cm³/mol. The van der Waals surface area contributed by atoms with E-state index in [1.165, 1.54) is 0 Å². The monoisotopic (exact) mass is 298 g/mol. The fourth-order valence-corrected chi connectivity index (χ4v) is 2.99. The molecule has 0 aliphatic carbocycles. The van der Waals surface area contributed by atoms with Gasteiger partial charge in [0.15, 0.2) is 0 Å². The molecule has 1 amide bonds. The van der Waals surface area contributed by atoms with Crippen molar-refractivity contribution in [2.75, 3.05) is 13.1 Å². The molecule has 5 nitrogen and oxygen atoms in total. The summed E-state index contributed by atoms with van der Waals surface area (Å²) in [4.78, 5) is 18.6. The quantitative estimate of drug-likeness (QED) is 0.943. The first kappa shape index (κ1) is 14.8. The molecule has 1 aromatic heterocycles. The average Bonchev–Trinajstić information content (AvgIpc) is 3.09. The SMILES string of the molecule is C[C@@H](N)[C@H]1CCCN(C(=O)c2ccc(-n3ccnc3)cc2)C1. The molecule has 1 aromatic carbocycles. The minimum absolute atomic E-state index is 0.0996. The van der Waals surface area contributed by atoms with Crippen molar-refractivity contribution >= 4 is 5.91 Å². The van der Waals surface area contributed by atoms with Gasteiger partial charge in [0.05, 0.1) is 6.33 Å². The van der Waals surface area contributed by atoms with Crippen LogP contribution < -0.4 is 5.73 Å². The predicted octanol–water partition coefficient (Wildman–Crippen LogP) is 2.07. The van der Waals surface area contributed by atoms with Gasteiger partial charge in [-0.1, -0.05) is 0 Å². The van der Waals surface area contributed by atoms with Crippen LogP contribution in [0.1, 0.15) is 30.1 Å². The first-order valence-electron chi connectivity index (χ1n) is 7.78. The average molecular weight is 298 g/mol. The van der Waals surface area contributed by atoms with E-state index in [0.717, 1.165) is 37.2 Å². The lowest BCUT2D eigenvalue weighted by Gasteiger charge is -2.34. The second kappa shape index (κ2) is 6.32. The van der Waals surface area contributed by atoms with E-state index in [-0.39, 0.29) is 11.9 Å². The highest BCUT2D eigenvalue weighted by molar-refractivity contribution is 5.94. The zero-order chi connectivity index (χ0) is 15.5. The van der Waals surface area contributed by atoms with Crippen molar-refractivity contribution in [1.29, 1.82) is 0 Å². The Hall–Kier alpha value is -2.14. The Kier molecular flexibility index (Phi) is 4.24. The van der Waals surface area contributed by atoms with Crippen LogP contribution in [0.3, 0.4) is 0 Å². The van der Waals surface area contributed by atoms with Gasteiger partial charge in [0.2, 0.25) is 0 Å². The van der Waals surface area contributed by atoms with Crippen molar-refractivity contribution < 1.29 is 4.79 Å². The number of amides is 1. The second-order valence-corrected chi connectivity index (χ2v) is 6.03. The standard InChI is InChI=1S/C17H22N4O/c1-13(18)15-3-2-9-20(11-15)17(22)14-4-6-16(7-5-14)21-10-8-19-12-21/h4-8,10,12-13,15H,2-3,9,11,18H2,1H3/t13-,15+/m1/s1. The first-order valence-corrected chi connectivity index (χ1v) is 7.78. The highest BCUT2D eigenvalue weighted by Crippen LogP contribution is 2.21. The van der Waals surface area contributed by atoms with Gasteiger partial charge >= 0.3 is 0 Å². The topological polar surface area (TPSA) is 64.2 Å². The number of hydrogen-bond acceptors (Lipinski definition) is 3. The molecule has 1 fully saturated rings. The molecule has 0 unspecified atom stereocenters. The molecule has 0 radical (unpaired) electrons. The third-order valence-electron chi connectivity index (χ3n) is 4.41. The van der Waals surface area contributed by atoms with Gasteiger partial charge in [-0.25, -0.2) is 4.98 Å². The summed E-state index contributed by atoms with van der Waals surface area (Å²) < 4.78 is 1.92. The Bertz CT molecular complexity index is 619. The molecule has 1 aliphatic heterocycles. The minimum atomic E-state index is 0.0996. The third-order valence-corrected chi connectivity index (χ3v) is 4.41. The normalized spacial score (nSPS) is 19.9. The largest absolute Gasteiger partial charge is 0.338 e. The van der Waals surface area contributed by atoms with Crippen LogP contribution in [0.5, 0.6) is 0 Å². The molecule has 1 saturated heterocycles. The zero-order valence-electron chi connectivity index (χ0n) is 12.9. The lowest BCUT2D eigenvalue weighted by molar-refractivity contribution is 0.0661. The van der Waals surface area contributed by atoms with E-state index in [1.54, 1.807) is 12.5 Å². The molecule has 3 rings (SSSR count). The molecule has 0 saturated carbocycles. The number of piperidine rings is 1. The molecule has 2 aromatic rings. The summed E-state index contributed by atoms with van der Waals surface area (Å²) in [7, 11) is 0. The minimum Gasteiger partial charge on any atom is -0.338 e. The van der Waals surface area contributed by atoms with Gasteiger partial charge in [0.1, 0.15) is 0 Å². The maximum absolute atomic E-state index is 12.6. The second-order valence-electron chi connectivity index (χ2n) is 6.03. The maximum atomic E-state index is 12.6. The van der Waals surface area contributed by atoms with Crippen LogP contribution in [0.15, 0.2) is 43.0 Å². The molecule has 1 aliphatic rings. The summed E-state index contributed by atoms with van der Waals surface area (Å²) in [5, 5.41) is 0. The number of nitrogens with zero attached hydrogens (tertiary/aromatic N) is 3. The number of carbonyl (C=O) groups excluding carboxylic acids is 1. The highest BCUT2D eigenvalue weighted by atomic mass is 16.2. The van der Waals surface area contributed by atoms with Crippen LogP contribution in [0, 0.1) is 5.92 Å². The Morgan fingerprint density at radius 2 is 2.14 bits per heavy atom. The number of imidazole rings is 1. The number of rotatable bonds is 3. The molecule has 0 spiro atoms. The van der Waals surface area contributed by atoms with Gasteiger partial charge in [0.25, 0.3) is 5.91 Å². The summed E-state index contributed by atoms with van der Waals surface area (Å²) in [6, 6.07) is 7.80. The van der Waals surface area contributed by atoms with Crippen LogP contribution in [0.25, 0.3) is 5.69 Å². The number of nitrogens with two attached hydrogens (primary N) is 1. The fraction of sp³-hybridized carbons (Fsp3) is 0.412. The van der Waals surface area contributed by atoms with E-state index in [1.807, 2.05) is 46.9 Å². The van der Waals surface area contributed by atoms with E-state index in [0.29, 0.717) is 5.92 Å². The van der Waals surface area contributed by atoms with Crippen LogP contribution in [0.2, 0.25) is 0 Å². The molecule has 0 bridgehead atoms.